The van der Waals surface area contributed by atoms with Crippen LogP contribution in [-0.4, -0.2) is 74.6 Å². The Morgan fingerprint density at radius 3 is 1.72 bits per heavy atom. The van der Waals surface area contributed by atoms with Crippen molar-refractivity contribution in [2.45, 2.75) is 122 Å². The van der Waals surface area contributed by atoms with Gasteiger partial charge < -0.3 is 35.4 Å². The van der Waals surface area contributed by atoms with Gasteiger partial charge >= 0.3 is 0 Å². The number of unbranched alkanes of at least 4 members (excludes halogenated alkanes) is 8. The molecule has 4 atom stereocenters. The minimum atomic E-state index is -1.26. The molecule has 178 valence electrons. The molecular formula is C22H48O7. The third kappa shape index (κ3) is 17.1. The molecule has 0 aromatic carbocycles. The summed E-state index contributed by atoms with van der Waals surface area (Å²) in [6.45, 7) is 5.74. The van der Waals surface area contributed by atoms with Gasteiger partial charge in [0.25, 0.3) is 0 Å². The molecule has 0 spiro atoms. The second-order valence-electron chi connectivity index (χ2n) is 7.75. The van der Waals surface area contributed by atoms with Gasteiger partial charge in [-0.05, 0) is 19.3 Å². The van der Waals surface area contributed by atoms with Crippen molar-refractivity contribution in [3.63, 3.8) is 0 Å². The summed E-state index contributed by atoms with van der Waals surface area (Å²) >= 11 is 0. The first-order valence-electron chi connectivity index (χ1n) is 11.4. The van der Waals surface area contributed by atoms with Gasteiger partial charge in [-0.3, -0.25) is 0 Å². The van der Waals surface area contributed by atoms with Crippen molar-refractivity contribution in [3.05, 3.63) is 0 Å². The summed E-state index contributed by atoms with van der Waals surface area (Å²) in [5, 5.41) is 54.8. The van der Waals surface area contributed by atoms with Crippen LogP contribution in [0.15, 0.2) is 0 Å². The van der Waals surface area contributed by atoms with E-state index in [2.05, 4.69) is 13.8 Å². The average Bonchev–Trinajstić information content (AvgIpc) is 2.74. The monoisotopic (exact) mass is 424 g/mol. The topological polar surface area (TPSA) is 131 Å². The minimum Gasteiger partial charge on any atom is -0.394 e. The van der Waals surface area contributed by atoms with Crippen LogP contribution in [-0.2, 0) is 4.74 Å². The summed E-state index contributed by atoms with van der Waals surface area (Å²) < 4.78 is 4.95. The lowest BCUT2D eigenvalue weighted by Gasteiger charge is -2.31. The molecule has 0 bridgehead atoms. The van der Waals surface area contributed by atoms with Crippen LogP contribution in [0.2, 0.25) is 0 Å². The van der Waals surface area contributed by atoms with Crippen LogP contribution in [0, 0.1) is 0 Å². The first-order valence-corrected chi connectivity index (χ1v) is 11.4. The van der Waals surface area contributed by atoms with E-state index < -0.39 is 30.7 Å². The van der Waals surface area contributed by atoms with Crippen molar-refractivity contribution in [1.82, 2.24) is 0 Å². The third-order valence-electron chi connectivity index (χ3n) is 5.17. The molecule has 0 aromatic heterocycles. The first kappa shape index (κ1) is 30.9. The third-order valence-corrected chi connectivity index (χ3v) is 5.17. The molecule has 4 unspecified atom stereocenters. The summed E-state index contributed by atoms with van der Waals surface area (Å²) in [6, 6.07) is 0. The maximum atomic E-state index is 9.98. The molecule has 0 aliphatic carbocycles. The molecule has 0 aromatic rings. The zero-order valence-corrected chi connectivity index (χ0v) is 18.9. The summed E-state index contributed by atoms with van der Waals surface area (Å²) in [4.78, 5) is 0. The fourth-order valence-corrected chi connectivity index (χ4v) is 2.89. The Balaban J connectivity index is 0. The second-order valence-corrected chi connectivity index (χ2v) is 7.75. The molecule has 0 aliphatic rings. The lowest BCUT2D eigenvalue weighted by atomic mass is 9.88. The van der Waals surface area contributed by atoms with Crippen molar-refractivity contribution in [3.8, 4) is 0 Å². The van der Waals surface area contributed by atoms with Gasteiger partial charge in [0, 0.05) is 6.61 Å². The van der Waals surface area contributed by atoms with E-state index in [1.54, 1.807) is 0 Å². The summed E-state index contributed by atoms with van der Waals surface area (Å²) in [7, 11) is 0. The molecule has 0 rings (SSSR count). The van der Waals surface area contributed by atoms with E-state index in [-0.39, 0.29) is 6.61 Å². The molecule has 0 saturated carbocycles. The van der Waals surface area contributed by atoms with Crippen molar-refractivity contribution in [1.29, 1.82) is 0 Å². The highest BCUT2D eigenvalue weighted by Gasteiger charge is 2.32. The van der Waals surface area contributed by atoms with Gasteiger partial charge in [0.1, 0.15) is 12.2 Å². The maximum Gasteiger partial charge on any atom is 0.183 e. The highest BCUT2D eigenvalue weighted by Crippen LogP contribution is 2.23. The lowest BCUT2D eigenvalue weighted by Crippen LogP contribution is -2.43. The van der Waals surface area contributed by atoms with Gasteiger partial charge in [-0.15, -0.1) is 0 Å². The molecule has 6 N–H and O–H groups in total. The van der Waals surface area contributed by atoms with Crippen LogP contribution in [0.25, 0.3) is 0 Å². The number of aliphatic hydroxyl groups is 6. The fraction of sp³-hybridized carbons (Fsp3) is 1.00. The predicted molar refractivity (Wildman–Crippen MR) is 116 cm³/mol. The van der Waals surface area contributed by atoms with E-state index in [4.69, 9.17) is 25.2 Å². The minimum absolute atomic E-state index is 0.363. The quantitative estimate of drug-likeness (QED) is 0.147. The summed E-state index contributed by atoms with van der Waals surface area (Å²) in [5.41, 5.74) is -1.09. The fourth-order valence-electron chi connectivity index (χ4n) is 2.89. The number of rotatable bonds is 18. The maximum absolute atomic E-state index is 9.98. The van der Waals surface area contributed by atoms with Crippen LogP contribution in [0.4, 0.5) is 0 Å². The van der Waals surface area contributed by atoms with Gasteiger partial charge in [0.2, 0.25) is 0 Å². The number of aliphatic hydroxyl groups excluding tert-OH is 5. The predicted octanol–water partition coefficient (Wildman–Crippen LogP) is 2.49. The Bertz CT molecular complexity index is 330. The zero-order chi connectivity index (χ0) is 22.5. The molecule has 0 radical (unpaired) electrons. The number of ether oxygens (including phenoxy) is 1. The molecule has 0 heterocycles. The Morgan fingerprint density at radius 2 is 1.24 bits per heavy atom. The second kappa shape index (κ2) is 21.0. The highest BCUT2D eigenvalue weighted by molar-refractivity contribution is 4.84. The first-order chi connectivity index (χ1) is 13.8. The van der Waals surface area contributed by atoms with E-state index in [0.717, 1.165) is 38.5 Å². The molecule has 7 heteroatoms. The van der Waals surface area contributed by atoms with Gasteiger partial charge in [-0.2, -0.15) is 0 Å². The zero-order valence-electron chi connectivity index (χ0n) is 18.9. The molecule has 0 aliphatic heterocycles. The Kier molecular flexibility index (Phi) is 22.4. The van der Waals surface area contributed by atoms with Gasteiger partial charge in [0.15, 0.2) is 6.29 Å². The van der Waals surface area contributed by atoms with Crippen LogP contribution in [0.1, 0.15) is 97.8 Å². The van der Waals surface area contributed by atoms with Gasteiger partial charge in [0.05, 0.1) is 18.8 Å². The molecule has 7 nitrogen and oxygen atoms in total. The molecule has 0 saturated heterocycles. The van der Waals surface area contributed by atoms with E-state index in [1.165, 1.54) is 25.7 Å². The summed E-state index contributed by atoms with van der Waals surface area (Å²) in [5.74, 6) is 0. The highest BCUT2D eigenvalue weighted by atomic mass is 16.6. The van der Waals surface area contributed by atoms with Gasteiger partial charge in [-0.1, -0.05) is 78.6 Å². The van der Waals surface area contributed by atoms with Crippen LogP contribution < -0.4 is 0 Å². The standard InChI is InChI=1S/C11H24O4.C11H24O3/c1-2-3-4-5-6-7-8-15-11(14)10(13)9-12;1-3-5-6-7-8-11(14,4-2)10(13)9-12/h10-14H,2-9H2,1H3;10,12-14H,3-9H2,1-2H3. The SMILES string of the molecule is CCCCCCC(O)(CC)C(O)CO.CCCCCCCCOC(O)C(O)CO. The van der Waals surface area contributed by atoms with Crippen LogP contribution in [0.5, 0.6) is 0 Å². The van der Waals surface area contributed by atoms with Crippen molar-refractivity contribution in [2.24, 2.45) is 0 Å². The van der Waals surface area contributed by atoms with E-state index in [1.807, 2.05) is 6.92 Å². The largest absolute Gasteiger partial charge is 0.394 e. The van der Waals surface area contributed by atoms with Crippen molar-refractivity contribution in [2.75, 3.05) is 19.8 Å². The molecule has 0 amide bonds. The Hall–Kier alpha value is -0.280. The normalized spacial score (nSPS) is 16.4. The van der Waals surface area contributed by atoms with Crippen molar-refractivity contribution >= 4 is 0 Å². The lowest BCUT2D eigenvalue weighted by molar-refractivity contribution is -0.171. The molecule has 0 fully saturated rings. The summed E-state index contributed by atoms with van der Waals surface area (Å²) in [6.07, 6.45) is 8.84. The van der Waals surface area contributed by atoms with E-state index in [0.29, 0.717) is 19.4 Å². The number of hydrogen-bond acceptors (Lipinski definition) is 7. The average molecular weight is 425 g/mol. The molecule has 29 heavy (non-hydrogen) atoms. The Morgan fingerprint density at radius 1 is 0.724 bits per heavy atom. The van der Waals surface area contributed by atoms with Crippen LogP contribution >= 0.6 is 0 Å². The number of hydrogen-bond donors (Lipinski definition) is 6. The smallest absolute Gasteiger partial charge is 0.183 e. The van der Waals surface area contributed by atoms with E-state index in [9.17, 15) is 10.2 Å². The van der Waals surface area contributed by atoms with E-state index >= 15 is 0 Å². The van der Waals surface area contributed by atoms with Crippen molar-refractivity contribution < 1.29 is 35.4 Å². The molecular weight excluding hydrogens is 376 g/mol. The Labute approximate surface area is 177 Å². The van der Waals surface area contributed by atoms with Crippen LogP contribution in [0.3, 0.4) is 0 Å². The van der Waals surface area contributed by atoms with Gasteiger partial charge in [-0.25, -0.2) is 0 Å².